The summed E-state index contributed by atoms with van der Waals surface area (Å²) in [5.41, 5.74) is 1.19. The van der Waals surface area contributed by atoms with E-state index in [1.54, 1.807) is 12.4 Å². The van der Waals surface area contributed by atoms with E-state index in [9.17, 15) is 0 Å². The first-order valence-corrected chi connectivity index (χ1v) is 6.63. The van der Waals surface area contributed by atoms with Gasteiger partial charge in [0.25, 0.3) is 0 Å². The number of anilines is 1. The van der Waals surface area contributed by atoms with Gasteiger partial charge in [0.1, 0.15) is 0 Å². The molecule has 4 nitrogen and oxygen atoms in total. The normalized spacial score (nSPS) is 17.4. The number of aliphatic imine (C=N–C) groups is 1. The zero-order valence-electron chi connectivity index (χ0n) is 11.3. The molecule has 0 amide bonds. The lowest BCUT2D eigenvalue weighted by Crippen LogP contribution is -2.29. The summed E-state index contributed by atoms with van der Waals surface area (Å²) in [6, 6.07) is 3.94. The van der Waals surface area contributed by atoms with E-state index in [0.717, 1.165) is 6.54 Å². The van der Waals surface area contributed by atoms with Crippen molar-refractivity contribution in [2.24, 2.45) is 4.99 Å². The highest BCUT2D eigenvalue weighted by Gasteiger charge is 2.19. The van der Waals surface area contributed by atoms with Crippen LogP contribution in [0.25, 0.3) is 0 Å². The first kappa shape index (κ1) is 12.9. The van der Waals surface area contributed by atoms with Gasteiger partial charge in [0, 0.05) is 58.2 Å². The number of aromatic nitrogens is 1. The highest BCUT2D eigenvalue weighted by molar-refractivity contribution is 5.84. The lowest BCUT2D eigenvalue weighted by atomic mass is 10.3. The number of hydrogen-bond acceptors (Lipinski definition) is 4. The van der Waals surface area contributed by atoms with E-state index < -0.39 is 0 Å². The van der Waals surface area contributed by atoms with Gasteiger partial charge in [-0.15, -0.1) is 0 Å². The summed E-state index contributed by atoms with van der Waals surface area (Å²) in [5, 5.41) is 0. The Hall–Kier alpha value is -1.58. The Morgan fingerprint density at radius 1 is 1.11 bits per heavy atom. The molecule has 3 rings (SSSR count). The molecule has 98 valence electrons. The molecule has 1 saturated heterocycles. The van der Waals surface area contributed by atoms with Gasteiger partial charge in [-0.1, -0.05) is 0 Å². The van der Waals surface area contributed by atoms with Gasteiger partial charge in [0.15, 0.2) is 0 Å². The van der Waals surface area contributed by atoms with Gasteiger partial charge in [-0.3, -0.25) is 9.98 Å². The maximum absolute atomic E-state index is 4.43. The predicted molar refractivity (Wildman–Crippen MR) is 76.3 cm³/mol. The highest BCUT2D eigenvalue weighted by Crippen LogP contribution is 2.14. The zero-order chi connectivity index (χ0) is 12.8. The largest absolute Gasteiger partial charge is 0.378 e. The van der Waals surface area contributed by atoms with Gasteiger partial charge in [0.2, 0.25) is 0 Å². The molecule has 0 unspecified atom stereocenters. The van der Waals surface area contributed by atoms with Crippen LogP contribution in [0.2, 0.25) is 0 Å². The van der Waals surface area contributed by atoms with Crippen molar-refractivity contribution in [3.63, 3.8) is 0 Å². The van der Waals surface area contributed by atoms with Crippen molar-refractivity contribution >= 4 is 11.5 Å². The average Bonchev–Trinajstić information content (AvgIpc) is 2.89. The van der Waals surface area contributed by atoms with Crippen molar-refractivity contribution < 1.29 is 0 Å². The number of pyridine rings is 1. The van der Waals surface area contributed by atoms with Crippen molar-refractivity contribution in [2.45, 2.75) is 19.3 Å². The Kier molecular flexibility index (Phi) is 4.56. The molecule has 18 heavy (non-hydrogen) atoms. The van der Waals surface area contributed by atoms with Gasteiger partial charge in [-0.2, -0.15) is 0 Å². The maximum Gasteiger partial charge on any atom is 0.0989 e. The quantitative estimate of drug-likeness (QED) is 0.760. The van der Waals surface area contributed by atoms with E-state index in [1.165, 1.54) is 43.9 Å². The fraction of sp³-hybridized carbons (Fsp3) is 0.571. The van der Waals surface area contributed by atoms with Gasteiger partial charge in [0.05, 0.1) is 5.84 Å². The SMILES string of the molecule is C1CN=C2CCCN2C1.CN(C)c1ccncc1. The summed E-state index contributed by atoms with van der Waals surface area (Å²) >= 11 is 0. The maximum atomic E-state index is 4.43. The monoisotopic (exact) mass is 246 g/mol. The van der Waals surface area contributed by atoms with Gasteiger partial charge in [-0.05, 0) is 25.0 Å². The van der Waals surface area contributed by atoms with Crippen molar-refractivity contribution in [2.75, 3.05) is 38.6 Å². The van der Waals surface area contributed by atoms with E-state index in [0.29, 0.717) is 0 Å². The van der Waals surface area contributed by atoms with Crippen molar-refractivity contribution in [3.05, 3.63) is 24.5 Å². The molecule has 0 saturated carbocycles. The Balaban J connectivity index is 0.000000134. The lowest BCUT2D eigenvalue weighted by molar-refractivity contribution is 0.427. The van der Waals surface area contributed by atoms with Crippen molar-refractivity contribution in [3.8, 4) is 0 Å². The molecule has 1 aromatic heterocycles. The van der Waals surface area contributed by atoms with Crippen LogP contribution in [-0.2, 0) is 0 Å². The molecular weight excluding hydrogens is 224 g/mol. The molecule has 0 aliphatic carbocycles. The smallest absolute Gasteiger partial charge is 0.0989 e. The van der Waals surface area contributed by atoms with Gasteiger partial charge < -0.3 is 9.80 Å². The van der Waals surface area contributed by atoms with Crippen LogP contribution in [0.15, 0.2) is 29.5 Å². The second-order valence-electron chi connectivity index (χ2n) is 4.84. The zero-order valence-corrected chi connectivity index (χ0v) is 11.3. The van der Waals surface area contributed by atoms with Crippen LogP contribution in [0.1, 0.15) is 19.3 Å². The third-order valence-corrected chi connectivity index (χ3v) is 3.25. The summed E-state index contributed by atoms with van der Waals surface area (Å²) in [6.07, 6.45) is 7.41. The van der Waals surface area contributed by atoms with Crippen LogP contribution in [0.5, 0.6) is 0 Å². The Morgan fingerprint density at radius 2 is 1.83 bits per heavy atom. The van der Waals surface area contributed by atoms with Crippen LogP contribution in [0, 0.1) is 0 Å². The van der Waals surface area contributed by atoms with Crippen LogP contribution in [0.3, 0.4) is 0 Å². The molecule has 4 heteroatoms. The van der Waals surface area contributed by atoms with Crippen LogP contribution >= 0.6 is 0 Å². The molecule has 1 fully saturated rings. The first-order chi connectivity index (χ1) is 8.77. The minimum Gasteiger partial charge on any atom is -0.378 e. The molecule has 2 aliphatic heterocycles. The Labute approximate surface area is 109 Å². The standard InChI is InChI=1S/C7H12N2.C7H10N2/c1-3-7-8-4-2-6-9(7)5-1;1-9(2)7-3-5-8-6-4-7/h1-6H2;3-6H,1-2H3. The number of fused-ring (bicyclic) bond motifs is 1. The second kappa shape index (κ2) is 6.38. The van der Waals surface area contributed by atoms with Crippen LogP contribution in [-0.4, -0.2) is 49.4 Å². The summed E-state index contributed by atoms with van der Waals surface area (Å²) < 4.78 is 0. The number of hydrogen-bond donors (Lipinski definition) is 0. The molecule has 2 aliphatic rings. The molecule has 0 N–H and O–H groups in total. The first-order valence-electron chi connectivity index (χ1n) is 6.63. The minimum absolute atomic E-state index is 1.08. The summed E-state index contributed by atoms with van der Waals surface area (Å²) in [7, 11) is 4.02. The van der Waals surface area contributed by atoms with E-state index in [2.05, 4.69) is 14.9 Å². The molecule has 0 bridgehead atoms. The molecule has 0 aromatic carbocycles. The molecule has 0 spiro atoms. The molecule has 0 radical (unpaired) electrons. The van der Waals surface area contributed by atoms with E-state index >= 15 is 0 Å². The third kappa shape index (κ3) is 3.45. The van der Waals surface area contributed by atoms with E-state index in [4.69, 9.17) is 0 Å². The van der Waals surface area contributed by atoms with Crippen LogP contribution < -0.4 is 4.90 Å². The average molecular weight is 246 g/mol. The van der Waals surface area contributed by atoms with Crippen molar-refractivity contribution in [1.29, 1.82) is 0 Å². The molecule has 1 aromatic rings. The minimum atomic E-state index is 1.08. The second-order valence-corrected chi connectivity index (χ2v) is 4.84. The fourth-order valence-corrected chi connectivity index (χ4v) is 2.25. The Morgan fingerprint density at radius 3 is 2.44 bits per heavy atom. The topological polar surface area (TPSA) is 31.7 Å². The van der Waals surface area contributed by atoms with E-state index in [-0.39, 0.29) is 0 Å². The summed E-state index contributed by atoms with van der Waals surface area (Å²) in [6.45, 7) is 3.60. The van der Waals surface area contributed by atoms with Crippen LogP contribution in [0.4, 0.5) is 5.69 Å². The fourth-order valence-electron chi connectivity index (χ4n) is 2.25. The lowest BCUT2D eigenvalue weighted by Gasteiger charge is -2.21. The highest BCUT2D eigenvalue weighted by atomic mass is 15.2. The van der Waals surface area contributed by atoms with Gasteiger partial charge >= 0.3 is 0 Å². The number of nitrogens with zero attached hydrogens (tertiary/aromatic N) is 4. The van der Waals surface area contributed by atoms with Crippen molar-refractivity contribution in [1.82, 2.24) is 9.88 Å². The Bertz CT molecular complexity index is 386. The number of amidine groups is 1. The third-order valence-electron chi connectivity index (χ3n) is 3.25. The molecular formula is C14H22N4. The predicted octanol–water partition coefficient (Wildman–Crippen LogP) is 2.03. The summed E-state index contributed by atoms with van der Waals surface area (Å²) in [5.74, 6) is 1.38. The molecule has 3 heterocycles. The number of rotatable bonds is 1. The van der Waals surface area contributed by atoms with Gasteiger partial charge in [-0.25, -0.2) is 0 Å². The van der Waals surface area contributed by atoms with E-state index in [1.807, 2.05) is 31.1 Å². The summed E-state index contributed by atoms with van der Waals surface area (Å²) in [4.78, 5) is 12.8. The molecule has 0 atom stereocenters.